The van der Waals surface area contributed by atoms with Gasteiger partial charge in [0.05, 0.1) is 13.2 Å². The minimum atomic E-state index is -0.627. The van der Waals surface area contributed by atoms with Crippen LogP contribution in [0.5, 0.6) is 5.75 Å². The zero-order chi connectivity index (χ0) is 17.7. The van der Waals surface area contributed by atoms with E-state index in [0.717, 1.165) is 17.1 Å². The van der Waals surface area contributed by atoms with E-state index >= 15 is 0 Å². The zero-order valence-corrected chi connectivity index (χ0v) is 14.7. The fourth-order valence-corrected chi connectivity index (χ4v) is 2.46. The zero-order valence-electron chi connectivity index (χ0n) is 14.7. The number of rotatable bonds is 7. The highest BCUT2D eigenvalue weighted by molar-refractivity contribution is 5.81. The highest BCUT2D eigenvalue weighted by atomic mass is 16.5. The average molecular weight is 331 g/mol. The van der Waals surface area contributed by atoms with Crippen LogP contribution in [0.3, 0.4) is 0 Å². The normalized spacial score (nSPS) is 12.2. The van der Waals surface area contributed by atoms with Crippen molar-refractivity contribution in [3.8, 4) is 5.75 Å². The molecule has 24 heavy (non-hydrogen) atoms. The second kappa shape index (κ2) is 8.02. The molecule has 130 valence electrons. The first-order chi connectivity index (χ1) is 11.4. The monoisotopic (exact) mass is 331 g/mol. The van der Waals surface area contributed by atoms with Gasteiger partial charge in [-0.05, 0) is 57.5 Å². The second-order valence-electron chi connectivity index (χ2n) is 6.14. The quantitative estimate of drug-likeness (QED) is 0.846. The van der Waals surface area contributed by atoms with Crippen molar-refractivity contribution in [1.29, 1.82) is 0 Å². The molecule has 0 aliphatic heterocycles. The first-order valence-corrected chi connectivity index (χ1v) is 8.13. The molecule has 1 aromatic heterocycles. The van der Waals surface area contributed by atoms with Crippen LogP contribution in [0, 0.1) is 6.92 Å². The summed E-state index contributed by atoms with van der Waals surface area (Å²) in [6.45, 7) is 7.89. The number of aryl methyl sites for hydroxylation is 1. The number of aliphatic hydroxyl groups excluding tert-OH is 1. The summed E-state index contributed by atoms with van der Waals surface area (Å²) in [6, 6.07) is 10.9. The Hall–Kier alpha value is -2.27. The van der Waals surface area contributed by atoms with E-state index in [-0.39, 0.29) is 18.6 Å². The Bertz CT molecular complexity index is 678. The molecule has 1 amide bonds. The lowest BCUT2D eigenvalue weighted by Crippen LogP contribution is -2.43. The van der Waals surface area contributed by atoms with E-state index in [2.05, 4.69) is 0 Å². The van der Waals surface area contributed by atoms with Crippen molar-refractivity contribution in [3.63, 3.8) is 0 Å². The predicted molar refractivity (Wildman–Crippen MR) is 91.6 cm³/mol. The molecule has 2 rings (SSSR count). The molecule has 0 bridgehead atoms. The van der Waals surface area contributed by atoms with Crippen molar-refractivity contribution in [1.82, 2.24) is 4.90 Å². The van der Waals surface area contributed by atoms with Crippen molar-refractivity contribution in [2.45, 2.75) is 53.0 Å². The molecule has 1 N–H and O–H groups in total. The van der Waals surface area contributed by atoms with Gasteiger partial charge in [0.1, 0.15) is 17.3 Å². The number of carbonyl (C=O) groups excluding carboxylic acids is 1. The summed E-state index contributed by atoms with van der Waals surface area (Å²) in [4.78, 5) is 14.5. The number of carbonyl (C=O) groups is 1. The largest absolute Gasteiger partial charge is 0.481 e. The lowest BCUT2D eigenvalue weighted by molar-refractivity contribution is -0.140. The number of ether oxygens (including phenoxy) is 1. The number of benzene rings is 1. The maximum atomic E-state index is 12.8. The predicted octanol–water partition coefficient (Wildman–Crippen LogP) is 3.28. The number of aliphatic hydroxyl groups is 1. The molecule has 0 saturated carbocycles. The number of furan rings is 1. The van der Waals surface area contributed by atoms with Gasteiger partial charge in [-0.15, -0.1) is 0 Å². The molecule has 0 radical (unpaired) electrons. The van der Waals surface area contributed by atoms with Gasteiger partial charge in [0, 0.05) is 6.04 Å². The molecule has 1 aromatic carbocycles. The van der Waals surface area contributed by atoms with Crippen LogP contribution in [0.25, 0.3) is 0 Å². The van der Waals surface area contributed by atoms with Crippen LogP contribution >= 0.6 is 0 Å². The van der Waals surface area contributed by atoms with Crippen LogP contribution in [-0.2, 0) is 17.9 Å². The molecule has 1 heterocycles. The van der Waals surface area contributed by atoms with Crippen LogP contribution in [0.2, 0.25) is 0 Å². The average Bonchev–Trinajstić information content (AvgIpc) is 2.97. The molecule has 0 aliphatic rings. The minimum absolute atomic E-state index is 0.0257. The molecule has 5 nitrogen and oxygen atoms in total. The Morgan fingerprint density at radius 3 is 2.58 bits per heavy atom. The summed E-state index contributed by atoms with van der Waals surface area (Å²) >= 11 is 0. The maximum absolute atomic E-state index is 12.8. The Labute approximate surface area is 142 Å². The van der Waals surface area contributed by atoms with Gasteiger partial charge in [-0.3, -0.25) is 4.79 Å². The van der Waals surface area contributed by atoms with E-state index in [1.807, 2.05) is 32.9 Å². The summed E-state index contributed by atoms with van der Waals surface area (Å²) < 4.78 is 11.3. The van der Waals surface area contributed by atoms with Gasteiger partial charge >= 0.3 is 0 Å². The maximum Gasteiger partial charge on any atom is 0.263 e. The molecule has 0 aliphatic carbocycles. The molecule has 0 fully saturated rings. The van der Waals surface area contributed by atoms with Gasteiger partial charge in [0.25, 0.3) is 5.91 Å². The standard InChI is InChI=1S/C19H25NO4/c1-13(2)20(11-18-9-8-14(3)23-18)19(22)15(4)24-17-7-5-6-16(10-17)12-21/h5-10,13,15,21H,11-12H2,1-4H3. The molecule has 1 atom stereocenters. The molecule has 2 aromatic rings. The fourth-order valence-electron chi connectivity index (χ4n) is 2.46. The highest BCUT2D eigenvalue weighted by Gasteiger charge is 2.25. The summed E-state index contributed by atoms with van der Waals surface area (Å²) in [5, 5.41) is 9.19. The Morgan fingerprint density at radius 2 is 2.00 bits per heavy atom. The summed E-state index contributed by atoms with van der Waals surface area (Å²) in [5.74, 6) is 2.05. The summed E-state index contributed by atoms with van der Waals surface area (Å²) in [7, 11) is 0. The number of amides is 1. The van der Waals surface area contributed by atoms with E-state index in [0.29, 0.717) is 12.3 Å². The minimum Gasteiger partial charge on any atom is -0.481 e. The van der Waals surface area contributed by atoms with E-state index in [9.17, 15) is 9.90 Å². The van der Waals surface area contributed by atoms with Crippen molar-refractivity contribution < 1.29 is 19.1 Å². The molecule has 5 heteroatoms. The Kier molecular flexibility index (Phi) is 6.04. The van der Waals surface area contributed by atoms with Gasteiger partial charge in [-0.1, -0.05) is 12.1 Å². The fraction of sp³-hybridized carbons (Fsp3) is 0.421. The number of hydrogen-bond acceptors (Lipinski definition) is 4. The number of nitrogens with zero attached hydrogens (tertiary/aromatic N) is 1. The molecular weight excluding hydrogens is 306 g/mol. The van der Waals surface area contributed by atoms with Gasteiger partial charge in [0.15, 0.2) is 6.10 Å². The van der Waals surface area contributed by atoms with Crippen LogP contribution in [0.1, 0.15) is 37.9 Å². The summed E-state index contributed by atoms with van der Waals surface area (Å²) in [6.07, 6.45) is -0.627. The van der Waals surface area contributed by atoms with Crippen LogP contribution in [0.15, 0.2) is 40.8 Å². The molecule has 1 unspecified atom stereocenters. The van der Waals surface area contributed by atoms with Crippen LogP contribution < -0.4 is 4.74 Å². The van der Waals surface area contributed by atoms with Crippen LogP contribution in [0.4, 0.5) is 0 Å². The molecule has 0 spiro atoms. The van der Waals surface area contributed by atoms with Crippen molar-refractivity contribution in [2.24, 2.45) is 0 Å². The lowest BCUT2D eigenvalue weighted by atomic mass is 10.2. The van der Waals surface area contributed by atoms with Crippen LogP contribution in [-0.4, -0.2) is 28.1 Å². The Balaban J connectivity index is 2.07. The van der Waals surface area contributed by atoms with Gasteiger partial charge in [-0.25, -0.2) is 0 Å². The highest BCUT2D eigenvalue weighted by Crippen LogP contribution is 2.18. The van der Waals surface area contributed by atoms with E-state index < -0.39 is 6.10 Å². The smallest absolute Gasteiger partial charge is 0.263 e. The first kappa shape index (κ1) is 18.1. The van der Waals surface area contributed by atoms with Crippen molar-refractivity contribution in [3.05, 3.63) is 53.5 Å². The summed E-state index contributed by atoms with van der Waals surface area (Å²) in [5.41, 5.74) is 0.749. The first-order valence-electron chi connectivity index (χ1n) is 8.13. The van der Waals surface area contributed by atoms with E-state index in [1.54, 1.807) is 36.1 Å². The SMILES string of the molecule is Cc1ccc(CN(C(=O)C(C)Oc2cccc(CO)c2)C(C)C)o1. The van der Waals surface area contributed by atoms with E-state index in [1.165, 1.54) is 0 Å². The van der Waals surface area contributed by atoms with Crippen molar-refractivity contribution in [2.75, 3.05) is 0 Å². The molecular formula is C19H25NO4. The molecule has 0 saturated heterocycles. The third-order valence-corrected chi connectivity index (χ3v) is 3.77. The van der Waals surface area contributed by atoms with E-state index in [4.69, 9.17) is 9.15 Å². The van der Waals surface area contributed by atoms with Gasteiger partial charge in [0.2, 0.25) is 0 Å². The van der Waals surface area contributed by atoms with Crippen molar-refractivity contribution >= 4 is 5.91 Å². The second-order valence-corrected chi connectivity index (χ2v) is 6.14. The van der Waals surface area contributed by atoms with Gasteiger partial charge in [-0.2, -0.15) is 0 Å². The number of hydrogen-bond donors (Lipinski definition) is 1. The third kappa shape index (κ3) is 4.61. The third-order valence-electron chi connectivity index (χ3n) is 3.77. The Morgan fingerprint density at radius 1 is 1.25 bits per heavy atom. The topological polar surface area (TPSA) is 62.9 Å². The van der Waals surface area contributed by atoms with Gasteiger partial charge < -0.3 is 19.2 Å². The lowest BCUT2D eigenvalue weighted by Gasteiger charge is -2.29.